The number of ether oxygens (including phenoxy) is 2. The monoisotopic (exact) mass is 838 g/mol. The number of aliphatic hydroxyl groups excluding tert-OH is 2. The number of hydrogen-bond acceptors (Lipinski definition) is 12. The second-order valence-electron chi connectivity index (χ2n) is 16.4. The Morgan fingerprint density at radius 2 is 0.839 bits per heavy atom. The molecule has 2 aromatic heterocycles. The van der Waals surface area contributed by atoms with Gasteiger partial charge < -0.3 is 19.7 Å². The van der Waals surface area contributed by atoms with Crippen LogP contribution >= 0.6 is 0 Å². The molecule has 4 N–H and O–H groups in total. The maximum Gasteiger partial charge on any atom is 0.330 e. The lowest BCUT2D eigenvalue weighted by atomic mass is 9.82. The Kier molecular flexibility index (Phi) is 8.05. The number of aliphatic hydroxyl groups is 2. The zero-order valence-corrected chi connectivity index (χ0v) is 32.8. The van der Waals surface area contributed by atoms with Crippen molar-refractivity contribution in [3.05, 3.63) is 136 Å². The number of hydrogen-bond donors (Lipinski definition) is 4. The topological polar surface area (TPSA) is 243 Å². The molecule has 0 spiro atoms. The number of fused-ring (bicyclic) bond motifs is 2. The first kappa shape index (κ1) is 37.8. The Hall–Kier alpha value is -7.12. The summed E-state index contributed by atoms with van der Waals surface area (Å²) in [5.41, 5.74) is -0.971. The third-order valence-electron chi connectivity index (χ3n) is 12.8. The molecule has 6 heterocycles. The summed E-state index contributed by atoms with van der Waals surface area (Å²) >= 11 is 0. The summed E-state index contributed by atoms with van der Waals surface area (Å²) in [6, 6.07) is 13.6. The van der Waals surface area contributed by atoms with Crippen LogP contribution in [0.15, 0.2) is 80.1 Å². The Bertz CT molecular complexity index is 3110. The highest BCUT2D eigenvalue weighted by Gasteiger charge is 2.44. The maximum absolute atomic E-state index is 14.2. The molecule has 5 aromatic carbocycles. The fraction of sp³-hybridized carbons (Fsp3) is 0.273. The molecule has 4 aliphatic rings. The second-order valence-corrected chi connectivity index (χ2v) is 16.4. The van der Waals surface area contributed by atoms with E-state index in [1.165, 1.54) is 35.4 Å². The molecule has 7 aromatic rings. The first-order valence-electron chi connectivity index (χ1n) is 19.9. The Morgan fingerprint density at radius 3 is 1.16 bits per heavy atom. The van der Waals surface area contributed by atoms with E-state index in [1.807, 2.05) is 0 Å². The van der Waals surface area contributed by atoms with E-state index in [0.717, 1.165) is 9.80 Å². The molecule has 2 saturated heterocycles. The van der Waals surface area contributed by atoms with Crippen molar-refractivity contribution in [3.8, 4) is 0 Å². The average molecular weight is 839 g/mol. The van der Waals surface area contributed by atoms with E-state index in [4.69, 9.17) is 9.47 Å². The number of aromatic amines is 2. The van der Waals surface area contributed by atoms with E-state index < -0.39 is 83.0 Å². The van der Waals surface area contributed by atoms with Crippen LogP contribution in [0.5, 0.6) is 0 Å². The molecule has 0 aliphatic carbocycles. The van der Waals surface area contributed by atoms with E-state index >= 15 is 0 Å². The molecule has 0 radical (unpaired) electrons. The summed E-state index contributed by atoms with van der Waals surface area (Å²) < 4.78 is 14.4. The van der Waals surface area contributed by atoms with Crippen molar-refractivity contribution in [2.75, 3.05) is 13.1 Å². The number of imide groups is 2. The Balaban J connectivity index is 0.925. The number of carbonyl (C=O) groups is 4. The molecule has 0 unspecified atom stereocenters. The third-order valence-corrected chi connectivity index (χ3v) is 12.8. The predicted molar refractivity (Wildman–Crippen MR) is 220 cm³/mol. The van der Waals surface area contributed by atoms with E-state index in [9.17, 15) is 48.6 Å². The van der Waals surface area contributed by atoms with Gasteiger partial charge in [-0.3, -0.25) is 57.7 Å². The van der Waals surface area contributed by atoms with Crippen molar-refractivity contribution in [2.45, 2.75) is 63.6 Å². The normalized spacial score (nSPS) is 23.7. The largest absolute Gasteiger partial charge is 0.390 e. The van der Waals surface area contributed by atoms with Gasteiger partial charge >= 0.3 is 11.4 Å². The van der Waals surface area contributed by atoms with E-state index in [2.05, 4.69) is 9.97 Å². The lowest BCUT2D eigenvalue weighted by molar-refractivity contribution is -0.0312. The molecule has 11 rings (SSSR count). The molecule has 312 valence electrons. The van der Waals surface area contributed by atoms with Crippen LogP contribution in [0.4, 0.5) is 0 Å². The number of H-pyrrole nitrogens is 2. The quantitative estimate of drug-likeness (QED) is 0.107. The summed E-state index contributed by atoms with van der Waals surface area (Å²) in [5, 5.41) is 26.9. The van der Waals surface area contributed by atoms with Crippen LogP contribution in [0.1, 0.15) is 77.9 Å². The van der Waals surface area contributed by atoms with Crippen LogP contribution in [0.3, 0.4) is 0 Å². The number of carbonyl (C=O) groups excluding carboxylic acids is 4. The molecular weight excluding hydrogens is 805 g/mol. The van der Waals surface area contributed by atoms with Gasteiger partial charge in [0.05, 0.1) is 25.3 Å². The zero-order valence-electron chi connectivity index (χ0n) is 32.8. The summed E-state index contributed by atoms with van der Waals surface area (Å²) in [7, 11) is 0. The first-order chi connectivity index (χ1) is 29.7. The third kappa shape index (κ3) is 5.24. The summed E-state index contributed by atoms with van der Waals surface area (Å²) in [4.78, 5) is 112. The predicted octanol–water partition coefficient (Wildman–Crippen LogP) is 1.94. The number of amides is 4. The Labute approximate surface area is 346 Å². The summed E-state index contributed by atoms with van der Waals surface area (Å²) in [6.45, 7) is 2.45. The number of benzene rings is 5. The number of aromatic nitrogens is 4. The Morgan fingerprint density at radius 1 is 0.516 bits per heavy atom. The maximum atomic E-state index is 14.2. The van der Waals surface area contributed by atoms with Crippen LogP contribution in [0.2, 0.25) is 0 Å². The van der Waals surface area contributed by atoms with Gasteiger partial charge in [0, 0.05) is 69.4 Å². The lowest BCUT2D eigenvalue weighted by Gasteiger charge is -2.32. The highest BCUT2D eigenvalue weighted by molar-refractivity contribution is 6.41. The van der Waals surface area contributed by atoms with Crippen LogP contribution < -0.4 is 22.5 Å². The number of rotatable bonds is 6. The van der Waals surface area contributed by atoms with Gasteiger partial charge in [-0.25, -0.2) is 9.59 Å². The minimum absolute atomic E-state index is 0.0179. The lowest BCUT2D eigenvalue weighted by Crippen LogP contribution is -2.46. The number of aryl methyl sites for hydroxylation is 2. The van der Waals surface area contributed by atoms with Crippen LogP contribution in [0.25, 0.3) is 43.1 Å². The van der Waals surface area contributed by atoms with Crippen molar-refractivity contribution in [3.63, 3.8) is 0 Å². The minimum atomic E-state index is -1.14. The standard InChI is InChI=1S/C44H34N6O12/c1-17-13-47(43(59)45-37(17)53)31-11-27(51)29(61-31)15-49-39(55)23-7-3-19-21-5-9-25-36-26(10-6-22(34(21)36)20-4-8-24(40(49)56)35(23)33(19)20)42(58)50(41(25)57)16-30-28(52)12-32(62-30)48-14-18(2)38(54)46-44(48)60/h3-10,13-14,27-32,51-52H,11-12,15-16H2,1-2H3,(H,45,53,59)(H,46,54,60)/t27-,28-,29+,30+,31+,32+/m0/s1. The van der Waals surface area contributed by atoms with Gasteiger partial charge in [0.1, 0.15) is 24.7 Å². The van der Waals surface area contributed by atoms with Crippen LogP contribution in [-0.2, 0) is 9.47 Å². The van der Waals surface area contributed by atoms with Crippen LogP contribution in [-0.4, -0.2) is 100 Å². The van der Waals surface area contributed by atoms with Crippen LogP contribution in [0, 0.1) is 13.8 Å². The molecule has 18 heteroatoms. The molecule has 0 saturated carbocycles. The van der Waals surface area contributed by atoms with Crippen molar-refractivity contribution >= 4 is 66.7 Å². The van der Waals surface area contributed by atoms with Gasteiger partial charge in [0.25, 0.3) is 34.7 Å². The molecule has 18 nitrogen and oxygen atoms in total. The fourth-order valence-electron chi connectivity index (χ4n) is 9.76. The first-order valence-corrected chi connectivity index (χ1v) is 19.9. The molecule has 2 fully saturated rings. The molecule has 0 bridgehead atoms. The van der Waals surface area contributed by atoms with E-state index in [-0.39, 0.29) is 59.3 Å². The minimum Gasteiger partial charge on any atom is -0.390 e. The van der Waals surface area contributed by atoms with Gasteiger partial charge in [-0.2, -0.15) is 0 Å². The average Bonchev–Trinajstić information content (AvgIpc) is 3.81. The van der Waals surface area contributed by atoms with Crippen molar-refractivity contribution in [1.29, 1.82) is 0 Å². The molecule has 6 atom stereocenters. The summed E-state index contributed by atoms with van der Waals surface area (Å²) in [5.74, 6) is -2.39. The molecule has 62 heavy (non-hydrogen) atoms. The second kappa shape index (κ2) is 13.2. The SMILES string of the molecule is Cc1cn([C@H]2C[C@H](O)[C@@H](CN3C(=O)c4ccc5c6ccc7c8c(ccc(c9ccc(c4c59)C3=O)c86)C(=O)N(C[C@H]3O[C@@H](n4cc(C)c(=O)[nH]c4=O)C[C@@H]3O)C7=O)O2)c(=O)[nH]c1=O. The van der Waals surface area contributed by atoms with Crippen molar-refractivity contribution in [2.24, 2.45) is 0 Å². The van der Waals surface area contributed by atoms with Gasteiger partial charge in [-0.05, 0) is 70.4 Å². The fourth-order valence-corrected chi connectivity index (χ4v) is 9.76. The highest BCUT2D eigenvalue weighted by Crippen LogP contribution is 2.46. The molecule has 4 amide bonds. The van der Waals surface area contributed by atoms with E-state index in [1.54, 1.807) is 48.5 Å². The summed E-state index contributed by atoms with van der Waals surface area (Å²) in [6.07, 6.45) is -3.58. The number of nitrogens with one attached hydrogen (secondary N) is 2. The smallest absolute Gasteiger partial charge is 0.330 e. The zero-order chi connectivity index (χ0) is 43.2. The van der Waals surface area contributed by atoms with Gasteiger partial charge in [0.2, 0.25) is 0 Å². The molecular formula is C44H34N6O12. The van der Waals surface area contributed by atoms with E-state index in [0.29, 0.717) is 43.1 Å². The number of nitrogens with zero attached hydrogens (tertiary/aromatic N) is 4. The van der Waals surface area contributed by atoms with Gasteiger partial charge in [0.15, 0.2) is 0 Å². The van der Waals surface area contributed by atoms with Gasteiger partial charge in [-0.15, -0.1) is 0 Å². The van der Waals surface area contributed by atoms with Crippen molar-refractivity contribution in [1.82, 2.24) is 28.9 Å². The highest BCUT2D eigenvalue weighted by atomic mass is 16.5. The van der Waals surface area contributed by atoms with Gasteiger partial charge in [-0.1, -0.05) is 24.3 Å². The molecule has 4 aliphatic heterocycles. The van der Waals surface area contributed by atoms with Crippen molar-refractivity contribution < 1.29 is 38.9 Å².